The molecule has 4 aromatic heterocycles. The average molecular weight is 2130 g/mol. The van der Waals surface area contributed by atoms with E-state index in [1.165, 1.54) is 50.6 Å². The molecule has 0 bridgehead atoms. The van der Waals surface area contributed by atoms with Crippen LogP contribution in [0.15, 0.2) is 110 Å². The van der Waals surface area contributed by atoms with Crippen LogP contribution in [0.5, 0.6) is 0 Å². The van der Waals surface area contributed by atoms with Gasteiger partial charge >= 0.3 is 23.9 Å². The molecule has 3 aliphatic heterocycles. The molecule has 15 atom stereocenters. The van der Waals surface area contributed by atoms with E-state index in [1.807, 2.05) is 13.0 Å². The third-order valence-corrected chi connectivity index (χ3v) is 28.1. The van der Waals surface area contributed by atoms with Crippen molar-refractivity contribution in [3.05, 3.63) is 132 Å². The maximum absolute atomic E-state index is 15.9. The Morgan fingerprint density at radius 3 is 1.73 bits per heavy atom. The lowest BCUT2D eigenvalue weighted by molar-refractivity contribution is -0.143. The largest absolute Gasteiger partial charge is 0.481 e. The SMILES string of the molecule is CCCC(C)C[C@H](NC(=O)[C@@H](NC(=O)[C@H](Cc1c[nH]c2ccccc12)NC(C)=O)[C@@H](C)O)C(=O)N[C@H]1CSSC[C@@H](C(=O)N[C@@H](Cc2c[nH]c3ncccc23)C(=O)N2CCC[C@H]2C(=O)N[C@H](CCCCNC(=O)CN2CCN(CC(=O)O)CCN(CC(=O)O)CCN(CC(=O)O)CC2)C(N)=O)NC(=O)[C@H](CC(=O)O)NC(=O)[C@H](Cc2cnc[nH]2)NC(=O)[C@H](Cc2ccc3ccccc3c2)NC(=O)[C@H](C)NC(=O)[C@H](CC(N)=O)NC1=O. The number of primary amides is 2. The van der Waals surface area contributed by atoms with Crippen LogP contribution in [0.25, 0.3) is 32.7 Å². The van der Waals surface area contributed by atoms with Gasteiger partial charge in [0.15, 0.2) is 0 Å². The van der Waals surface area contributed by atoms with E-state index in [4.69, 9.17) is 11.5 Å². The number of carbonyl (C=O) groups is 20. The van der Waals surface area contributed by atoms with Crippen LogP contribution >= 0.6 is 21.6 Å². The standard InChI is InChI=1S/C98H133N25O25S2/c1-6-15-54(2)36-68(114-97(147)84(56(4)124)118-93(143)70(108-57(5)125)39-61-44-104-66-20-10-9-18-64(61)66)89(139)116-75-51-149-150-52-76(117-92(142)73(43-80(128)129)113-91(141)71(41-63-46-101-53-106-63)111-90(140)69(38-58-23-24-59-16-7-8-17-60(59)37-58)110-87(137)55(3)107-88(138)72(42-78(99)126)112-94(75)144)95(145)115-74(40-62-45-105-86-65(62)19-13-26-103-86)98(148)123-27-14-22-77(123)96(146)109-67(85(100)136)21-11-12-25-102-79(127)47-119-28-30-120(48-81(130)131)32-34-122(50-83(134)135)35-33-121(31-29-119)49-82(132)133/h7-10,13,16-20,23-24,26,37,44-46,53-56,67-77,84,104,124H,6,11-12,14-15,21-22,25,27-36,38-43,47-52H2,1-5H3,(H2,99,126)(H2,100,136)(H,101,106)(H,102,127)(H,103,105)(H,107,138)(H,108,125)(H,109,146)(H,110,137)(H,111,140)(H,112,144)(H,113,141)(H,114,147)(H,115,145)(H,116,139)(H,117,142)(H,118,143)(H,128,129)(H,130,131)(H,132,133)(H,134,135)/t54?,55-,56+,67+,68-,69-,70-,71-,72-,73-,74-,75-,76-,77-,84-/m0/s1. The maximum Gasteiger partial charge on any atom is 0.317 e. The van der Waals surface area contributed by atoms with Crippen molar-refractivity contribution in [1.82, 2.24) is 119 Å². The summed E-state index contributed by atoms with van der Waals surface area (Å²) >= 11 is 0. The first kappa shape index (κ1) is 117. The number of fused-ring (bicyclic) bond motifs is 3. The number of hydrogen-bond donors (Lipinski definition) is 23. The second-order valence-corrected chi connectivity index (χ2v) is 40.2. The Morgan fingerprint density at radius 2 is 1.11 bits per heavy atom. The Balaban J connectivity index is 0.950. The zero-order valence-electron chi connectivity index (χ0n) is 83.8. The molecule has 52 heteroatoms. The van der Waals surface area contributed by atoms with Gasteiger partial charge in [0.2, 0.25) is 94.5 Å². The summed E-state index contributed by atoms with van der Waals surface area (Å²) in [6, 6.07) is 0.277. The van der Waals surface area contributed by atoms with Crippen molar-refractivity contribution in [3.63, 3.8) is 0 Å². The molecule has 0 saturated carbocycles. The van der Waals surface area contributed by atoms with Crippen LogP contribution in [-0.4, -0.2) is 381 Å². The van der Waals surface area contributed by atoms with Gasteiger partial charge < -0.3 is 126 Å². The quantitative estimate of drug-likeness (QED) is 0.0129. The number of imidazole rings is 1. The van der Waals surface area contributed by atoms with Crippen LogP contribution in [0.4, 0.5) is 0 Å². The number of pyridine rings is 1. The minimum Gasteiger partial charge on any atom is -0.481 e. The molecule has 16 amide bonds. The Kier molecular flexibility index (Phi) is 45.1. The number of unbranched alkanes of at least 4 members (excludes halogenated alkanes) is 1. The lowest BCUT2D eigenvalue weighted by atomic mass is 9.96. The molecule has 10 rings (SSSR count). The number of nitrogens with one attached hydrogen (secondary N) is 16. The molecule has 1 unspecified atom stereocenters. The van der Waals surface area contributed by atoms with Crippen LogP contribution in [0.2, 0.25) is 0 Å². The molecule has 812 valence electrons. The molecular formula is C98H133N25O25S2. The van der Waals surface area contributed by atoms with Gasteiger partial charge in [-0.25, -0.2) is 9.97 Å². The summed E-state index contributed by atoms with van der Waals surface area (Å²) < 4.78 is 0. The van der Waals surface area contributed by atoms with Crippen molar-refractivity contribution < 1.29 is 121 Å². The number of para-hydroxylation sites is 1. The average Bonchev–Trinajstić information content (AvgIpc) is 1.65. The van der Waals surface area contributed by atoms with E-state index in [-0.39, 0.29) is 149 Å². The van der Waals surface area contributed by atoms with Crippen LogP contribution < -0.4 is 80.6 Å². The fourth-order valence-electron chi connectivity index (χ4n) is 17.9. The topological polar surface area (TPSA) is 740 Å². The number of carboxylic acid groups (broad SMARTS) is 4. The van der Waals surface area contributed by atoms with Gasteiger partial charge in [-0.1, -0.05) is 109 Å². The van der Waals surface area contributed by atoms with Crippen molar-refractivity contribution >= 4 is 173 Å². The number of nitrogens with zero attached hydrogens (tertiary/aromatic N) is 7. The first-order valence-corrected chi connectivity index (χ1v) is 51.9. The van der Waals surface area contributed by atoms with Gasteiger partial charge in [0.1, 0.15) is 84.2 Å². The molecule has 0 aliphatic carbocycles. The number of aromatic nitrogens is 5. The normalized spacial score (nSPS) is 20.7. The number of aliphatic hydroxyl groups is 1. The van der Waals surface area contributed by atoms with Gasteiger partial charge in [0.25, 0.3) is 0 Å². The van der Waals surface area contributed by atoms with E-state index >= 15 is 33.6 Å². The predicted molar refractivity (Wildman–Crippen MR) is 547 cm³/mol. The number of aromatic amines is 3. The van der Waals surface area contributed by atoms with E-state index < -0.39 is 246 Å². The van der Waals surface area contributed by atoms with E-state index in [0.717, 1.165) is 10.8 Å². The number of carboxylic acids is 4. The highest BCUT2D eigenvalue weighted by molar-refractivity contribution is 8.76. The van der Waals surface area contributed by atoms with Gasteiger partial charge in [0.05, 0.1) is 51.5 Å². The van der Waals surface area contributed by atoms with Crippen molar-refractivity contribution in [2.24, 2.45) is 17.4 Å². The third-order valence-electron chi connectivity index (χ3n) is 25.7. The number of carbonyl (C=O) groups excluding carboxylic acids is 16. The maximum atomic E-state index is 15.9. The highest BCUT2D eigenvalue weighted by Gasteiger charge is 2.43. The second kappa shape index (κ2) is 57.7. The summed E-state index contributed by atoms with van der Waals surface area (Å²) in [4.78, 5) is 308. The number of H-pyrrole nitrogens is 3. The molecule has 7 aromatic rings. The zero-order valence-corrected chi connectivity index (χ0v) is 85.4. The lowest BCUT2D eigenvalue weighted by Crippen LogP contribution is -2.62. The van der Waals surface area contributed by atoms with Crippen molar-refractivity contribution in [3.8, 4) is 0 Å². The number of hydrogen-bond acceptors (Lipinski definition) is 29. The molecule has 3 aromatic carbocycles. The van der Waals surface area contributed by atoms with Gasteiger partial charge in [-0.3, -0.25) is 115 Å². The predicted octanol–water partition coefficient (Wildman–Crippen LogP) is -3.76. The number of aliphatic carboxylic acids is 4. The summed E-state index contributed by atoms with van der Waals surface area (Å²) in [5.74, 6) is -23.3. The van der Waals surface area contributed by atoms with E-state index in [9.17, 15) is 87.9 Å². The Hall–Kier alpha value is -14.7. The molecule has 7 heterocycles. The first-order chi connectivity index (χ1) is 71.5. The highest BCUT2D eigenvalue weighted by Crippen LogP contribution is 2.29. The second-order valence-electron chi connectivity index (χ2n) is 37.6. The fraction of sp³-hybridized carbons (Fsp3) is 0.510. The van der Waals surface area contributed by atoms with E-state index in [0.29, 0.717) is 73.1 Å². The van der Waals surface area contributed by atoms with E-state index in [1.54, 1.807) is 106 Å². The van der Waals surface area contributed by atoms with Gasteiger partial charge in [-0.2, -0.15) is 0 Å². The Morgan fingerprint density at radius 1 is 0.533 bits per heavy atom. The van der Waals surface area contributed by atoms with Crippen molar-refractivity contribution in [2.45, 2.75) is 209 Å². The van der Waals surface area contributed by atoms with Crippen molar-refractivity contribution in [2.75, 3.05) is 103 Å². The number of rotatable bonds is 43. The smallest absolute Gasteiger partial charge is 0.317 e. The number of nitrogens with two attached hydrogens (primary N) is 2. The Labute approximate surface area is 870 Å². The minimum atomic E-state index is -2.16. The van der Waals surface area contributed by atoms with Crippen LogP contribution in [0.3, 0.4) is 0 Å². The number of aliphatic hydroxyl groups excluding tert-OH is 1. The van der Waals surface area contributed by atoms with E-state index in [2.05, 4.69) is 94.0 Å². The van der Waals surface area contributed by atoms with Gasteiger partial charge in [-0.15, -0.1) is 0 Å². The summed E-state index contributed by atoms with van der Waals surface area (Å²) in [7, 11) is 1.40. The third kappa shape index (κ3) is 36.6. The number of likely N-dealkylation sites (tertiary alicyclic amines) is 1. The summed E-state index contributed by atoms with van der Waals surface area (Å²) in [5.41, 5.74) is 14.4. The monoisotopic (exact) mass is 2120 g/mol. The molecule has 150 heavy (non-hydrogen) atoms. The molecule has 3 saturated heterocycles. The van der Waals surface area contributed by atoms with Crippen molar-refractivity contribution in [1.29, 1.82) is 0 Å². The van der Waals surface area contributed by atoms with Gasteiger partial charge in [-0.05, 0) is 104 Å². The molecule has 0 radical (unpaired) electrons. The number of benzene rings is 3. The number of amides is 16. The molecule has 3 fully saturated rings. The van der Waals surface area contributed by atoms with Crippen LogP contribution in [-0.2, 0) is 122 Å². The minimum absolute atomic E-state index is 0.00682. The zero-order chi connectivity index (χ0) is 109. The molecule has 3 aliphatic rings. The highest BCUT2D eigenvalue weighted by atomic mass is 33.1. The molecule has 0 spiro atoms. The fourth-order valence-corrected chi connectivity index (χ4v) is 20.2. The summed E-state index contributed by atoms with van der Waals surface area (Å²) in [5, 5.41) is 87.3. The molecule has 50 nitrogen and oxygen atoms in total. The van der Waals surface area contributed by atoms with Crippen LogP contribution in [0.1, 0.15) is 121 Å². The Bertz CT molecular complexity index is 5920. The first-order valence-electron chi connectivity index (χ1n) is 49.4. The molecular weight excluding hydrogens is 1990 g/mol. The lowest BCUT2D eigenvalue weighted by Gasteiger charge is -2.32. The van der Waals surface area contributed by atoms with Crippen LogP contribution in [0, 0.1) is 5.92 Å². The summed E-state index contributed by atoms with van der Waals surface area (Å²) in [6.07, 6.45) is 3.29. The molecule has 25 N–H and O–H groups in total. The summed E-state index contributed by atoms with van der Waals surface area (Å²) in [6.45, 7) is 6.99. The van der Waals surface area contributed by atoms with Gasteiger partial charge in [0, 0.05) is 156 Å².